The average molecular weight is 1360 g/mol. The number of unbranched alkanes of at least 4 members (excludes halogenated alkanes) is 15. The highest BCUT2D eigenvalue weighted by atomic mass is 32.1. The first-order valence-electron chi connectivity index (χ1n) is 34.0. The minimum atomic E-state index is 0.242. The Kier molecular flexibility index (Phi) is 52.7. The van der Waals surface area contributed by atoms with E-state index in [1.165, 1.54) is 101 Å². The molecule has 3 heterocycles. The summed E-state index contributed by atoms with van der Waals surface area (Å²) in [5.74, 6) is 3.75. The van der Waals surface area contributed by atoms with Crippen LogP contribution in [0.1, 0.15) is 191 Å². The van der Waals surface area contributed by atoms with E-state index in [2.05, 4.69) is 131 Å². The average Bonchev–Trinajstić information content (AvgIpc) is 4.21. The van der Waals surface area contributed by atoms with E-state index in [0.29, 0.717) is 93.5 Å². The maximum Gasteiger partial charge on any atom is 0.195 e. The first-order chi connectivity index (χ1) is 47.1. The molecular weight excluding hydrogens is 1240 g/mol. The summed E-state index contributed by atoms with van der Waals surface area (Å²) in [6, 6.07) is 23.9. The molecule has 0 aliphatic carbocycles. The molecule has 5 rings (SSSR count). The second kappa shape index (κ2) is 60.0. The Morgan fingerprint density at radius 2 is 0.691 bits per heavy atom. The zero-order chi connectivity index (χ0) is 71.0. The van der Waals surface area contributed by atoms with Crippen LogP contribution in [-0.2, 0) is 32.7 Å². The molecule has 0 saturated heterocycles. The minimum Gasteiger partial charge on any atom is -0.370 e. The molecule has 0 aliphatic rings. The number of H-pyrrole nitrogens is 2. The van der Waals surface area contributed by atoms with Gasteiger partial charge in [-0.1, -0.05) is 198 Å². The number of benzene rings is 2. The van der Waals surface area contributed by atoms with Gasteiger partial charge in [0.25, 0.3) is 0 Å². The number of rotatable bonds is 35. The lowest BCUT2D eigenvalue weighted by atomic mass is 10.2. The Morgan fingerprint density at radius 3 is 0.990 bits per heavy atom. The first kappa shape index (κ1) is 85.3. The summed E-state index contributed by atoms with van der Waals surface area (Å²) in [6.45, 7) is 17.0. The first-order valence-corrected chi connectivity index (χ1v) is 34.9. The van der Waals surface area contributed by atoms with Crippen LogP contribution in [0.25, 0.3) is 0 Å². The lowest BCUT2D eigenvalue weighted by Gasteiger charge is -2.05. The van der Waals surface area contributed by atoms with Gasteiger partial charge in [0.05, 0.1) is 38.2 Å². The lowest BCUT2D eigenvalue weighted by Crippen LogP contribution is -2.41. The predicted octanol–water partition coefficient (Wildman–Crippen LogP) is 7.44. The molecule has 29 nitrogen and oxygen atoms in total. The van der Waals surface area contributed by atoms with Crippen LogP contribution < -0.4 is 83.9 Å². The van der Waals surface area contributed by atoms with Crippen LogP contribution in [0.3, 0.4) is 0 Å². The van der Waals surface area contributed by atoms with Crippen LogP contribution >= 0.6 is 11.3 Å². The number of aliphatic imine (C=N–C) groups is 10. The Morgan fingerprint density at radius 1 is 0.361 bits per heavy atom. The van der Waals surface area contributed by atoms with E-state index in [1.807, 2.05) is 78.2 Å². The van der Waals surface area contributed by atoms with Crippen molar-refractivity contribution in [1.82, 2.24) is 46.5 Å². The molecule has 0 fully saturated rings. The van der Waals surface area contributed by atoms with Gasteiger partial charge >= 0.3 is 0 Å². The van der Waals surface area contributed by atoms with Gasteiger partial charge in [0, 0.05) is 56.2 Å². The fourth-order valence-electron chi connectivity index (χ4n) is 7.91. The molecule has 0 aliphatic heterocycles. The van der Waals surface area contributed by atoms with E-state index in [4.69, 9.17) is 57.3 Å². The van der Waals surface area contributed by atoms with E-state index >= 15 is 0 Å². The molecule has 538 valence electrons. The van der Waals surface area contributed by atoms with Crippen molar-refractivity contribution in [3.63, 3.8) is 0 Å². The summed E-state index contributed by atoms with van der Waals surface area (Å²) < 4.78 is 0. The maximum absolute atomic E-state index is 5.75. The highest BCUT2D eigenvalue weighted by Gasteiger charge is 2.02. The summed E-state index contributed by atoms with van der Waals surface area (Å²) in [5, 5.41) is 15.9. The van der Waals surface area contributed by atoms with Gasteiger partial charge in [-0.05, 0) is 54.7 Å². The number of imidazole rings is 2. The van der Waals surface area contributed by atoms with Crippen molar-refractivity contribution < 1.29 is 0 Å². The number of guanidine groups is 10. The van der Waals surface area contributed by atoms with Gasteiger partial charge in [-0.3, -0.25) is 51.5 Å². The van der Waals surface area contributed by atoms with Gasteiger partial charge in [0.2, 0.25) is 0 Å². The quantitative estimate of drug-likeness (QED) is 0.0106. The topological polar surface area (TPSA) is 501 Å². The summed E-state index contributed by atoms with van der Waals surface area (Å²) in [7, 11) is 0. The van der Waals surface area contributed by atoms with Gasteiger partial charge in [-0.2, -0.15) is 0 Å². The van der Waals surface area contributed by atoms with Crippen molar-refractivity contribution in [3.05, 3.63) is 131 Å². The molecular formula is C67H119N29S. The van der Waals surface area contributed by atoms with Gasteiger partial charge in [-0.25, -0.2) is 34.9 Å². The molecule has 5 aromatic rings. The second-order valence-electron chi connectivity index (χ2n) is 21.9. The molecule has 30 heteroatoms. The van der Waals surface area contributed by atoms with E-state index < -0.39 is 0 Å². The molecule has 0 radical (unpaired) electrons. The van der Waals surface area contributed by atoms with E-state index in [-0.39, 0.29) is 11.9 Å². The number of thiophene rings is 1. The fraction of sp³-hybridized carbons (Fsp3) is 0.522. The van der Waals surface area contributed by atoms with E-state index in [9.17, 15) is 0 Å². The third-order valence-corrected chi connectivity index (χ3v) is 14.1. The van der Waals surface area contributed by atoms with Crippen molar-refractivity contribution >= 4 is 70.9 Å². The zero-order valence-corrected chi connectivity index (χ0v) is 59.4. The molecule has 0 spiro atoms. The zero-order valence-electron chi connectivity index (χ0n) is 58.6. The number of nitrogens with zero attached hydrogens (tertiary/aromatic N) is 12. The normalized spacial score (nSPS) is 12.6. The third kappa shape index (κ3) is 53.2. The molecule has 97 heavy (non-hydrogen) atoms. The molecule has 0 atom stereocenters. The summed E-state index contributed by atoms with van der Waals surface area (Å²) in [6.07, 6.45) is 30.1. The third-order valence-electron chi connectivity index (χ3n) is 13.2. The molecule has 0 saturated carbocycles. The predicted molar refractivity (Wildman–Crippen MR) is 410 cm³/mol. The van der Waals surface area contributed by atoms with Crippen LogP contribution in [0.15, 0.2) is 153 Å². The van der Waals surface area contributed by atoms with Crippen molar-refractivity contribution in [1.29, 1.82) is 0 Å². The van der Waals surface area contributed by atoms with Gasteiger partial charge in [-0.15, -0.1) is 11.3 Å². The molecule has 2 aromatic carbocycles. The molecule has 0 amide bonds. The van der Waals surface area contributed by atoms with Crippen LogP contribution in [0.2, 0.25) is 0 Å². The largest absolute Gasteiger partial charge is 0.370 e. The Labute approximate surface area is 581 Å². The number of aromatic amines is 2. The van der Waals surface area contributed by atoms with Gasteiger partial charge in [0.1, 0.15) is 12.4 Å². The standard InChI is InChI=1S/2C15H25N5.C13H23N5S.2C12H23N7/c2*1-2-3-4-8-11-18-14(16)20-15(17)19-12-13-9-6-5-7-10-13;1-2-3-4-5-8-16-12(14)18-13(15)17-10-11-7-6-9-19-11;1-2-3-4-5-6-16-11(13)19-12(14)17-8-10-7-15-9-18-10;1-2-3-4-5-6-17-11(13)19-12(14)18-9-10-15-7-8-16-10/h2*5-7,9-10H,2-4,8,11-12H2,1H3,(H5,16,17,18,19,20);6-7,9H,2-5,8,10H2,1H3,(H5,14,15,16,17,18);7,9H,2-6,8H2,1H3,(H,15,18)(H5,13,14,16,17,19);7-8H,2-6,9H2,1H3,(H,15,16)(H5,13,14,17,18,19). The molecule has 0 unspecified atom stereocenters. The number of nitrogens with one attached hydrogen (secondary N) is 7. The highest BCUT2D eigenvalue weighted by molar-refractivity contribution is 7.09. The summed E-state index contributed by atoms with van der Waals surface area (Å²) in [5.41, 5.74) is 60.3. The SMILES string of the molecule is CCCCCCN=C(N)NC(N)=NCc1ccccc1.CCCCCCN=C(N)NC(N)=NCc1ccccc1.CCCCCCN=C(N)NC(N)=NCc1cccs1.CCCCCCN=C(N)NC(N)=NCc1cnc[nH]1.CCCCCCN=C(N)NC(N)=NCc1ncc[nH]1. The number of hydrogen-bond acceptors (Lipinski definition) is 13. The Balaban J connectivity index is 0.000000606. The van der Waals surface area contributed by atoms with Crippen molar-refractivity contribution in [2.24, 2.45) is 107 Å². The smallest absolute Gasteiger partial charge is 0.195 e. The molecule has 0 bridgehead atoms. The molecule has 3 aromatic heterocycles. The summed E-state index contributed by atoms with van der Waals surface area (Å²) in [4.78, 5) is 56.8. The maximum atomic E-state index is 5.75. The van der Waals surface area contributed by atoms with Crippen LogP contribution in [0.4, 0.5) is 0 Å². The highest BCUT2D eigenvalue weighted by Crippen LogP contribution is 2.09. The Bertz CT molecular complexity index is 2700. The minimum absolute atomic E-state index is 0.242. The number of aromatic nitrogens is 4. The van der Waals surface area contributed by atoms with Crippen LogP contribution in [0.5, 0.6) is 0 Å². The van der Waals surface area contributed by atoms with Crippen LogP contribution in [0, 0.1) is 0 Å². The molecule has 27 N–H and O–H groups in total. The van der Waals surface area contributed by atoms with Gasteiger partial charge in [0.15, 0.2) is 59.6 Å². The fourth-order valence-corrected chi connectivity index (χ4v) is 8.54. The summed E-state index contributed by atoms with van der Waals surface area (Å²) >= 11 is 1.65. The van der Waals surface area contributed by atoms with E-state index in [0.717, 1.165) is 74.4 Å². The van der Waals surface area contributed by atoms with Gasteiger partial charge < -0.3 is 67.3 Å². The second-order valence-corrected chi connectivity index (χ2v) is 23.0. The lowest BCUT2D eigenvalue weighted by molar-refractivity contribution is 0.674. The Hall–Kier alpha value is -9.74. The van der Waals surface area contributed by atoms with Crippen molar-refractivity contribution in [2.45, 2.75) is 196 Å². The van der Waals surface area contributed by atoms with Crippen molar-refractivity contribution in [2.75, 3.05) is 32.7 Å². The van der Waals surface area contributed by atoms with Crippen molar-refractivity contribution in [3.8, 4) is 0 Å². The number of nitrogens with two attached hydrogens (primary N) is 10. The number of hydrogen-bond donors (Lipinski definition) is 17. The monoisotopic (exact) mass is 1360 g/mol. The van der Waals surface area contributed by atoms with Crippen LogP contribution in [-0.4, -0.2) is 112 Å². The van der Waals surface area contributed by atoms with E-state index in [1.54, 1.807) is 36.3 Å².